The number of benzene rings is 1. The molecule has 7 heteroatoms. The zero-order valence-electron chi connectivity index (χ0n) is 15.1. The first-order chi connectivity index (χ1) is 12.1. The van der Waals surface area contributed by atoms with Crippen molar-refractivity contribution in [2.75, 3.05) is 18.5 Å². The first kappa shape index (κ1) is 20.8. The van der Waals surface area contributed by atoms with E-state index in [0.29, 0.717) is 24.3 Å². The van der Waals surface area contributed by atoms with Crippen LogP contribution in [-0.4, -0.2) is 30.1 Å². The summed E-state index contributed by atoms with van der Waals surface area (Å²) in [5, 5.41) is 3.55. The molecule has 26 heavy (non-hydrogen) atoms. The number of anilines is 1. The summed E-state index contributed by atoms with van der Waals surface area (Å²) in [4.78, 5) is 18.4. The molecule has 2 heterocycles. The number of halogens is 1. The van der Waals surface area contributed by atoms with Crippen molar-refractivity contribution in [1.29, 1.82) is 0 Å². The molecule has 0 bridgehead atoms. The Hall–Kier alpha value is -1.47. The summed E-state index contributed by atoms with van der Waals surface area (Å²) in [5.41, 5.74) is 8.17. The van der Waals surface area contributed by atoms with E-state index < -0.39 is 6.04 Å². The van der Waals surface area contributed by atoms with Crippen LogP contribution in [0.3, 0.4) is 0 Å². The maximum atomic E-state index is 12.5. The van der Waals surface area contributed by atoms with Gasteiger partial charge in [0.2, 0.25) is 5.91 Å². The molecule has 1 aliphatic heterocycles. The number of hydrogen-bond donors (Lipinski definition) is 2. The summed E-state index contributed by atoms with van der Waals surface area (Å²) in [6.45, 7) is 5.63. The zero-order valence-corrected chi connectivity index (χ0v) is 16.7. The van der Waals surface area contributed by atoms with Gasteiger partial charge in [0, 0.05) is 23.7 Å². The first-order valence-corrected chi connectivity index (χ1v) is 9.58. The highest BCUT2D eigenvalue weighted by atomic mass is 35.5. The maximum absolute atomic E-state index is 12.5. The highest BCUT2D eigenvalue weighted by Gasteiger charge is 2.27. The third-order valence-corrected chi connectivity index (χ3v) is 5.80. The topological polar surface area (TPSA) is 77.2 Å². The summed E-state index contributed by atoms with van der Waals surface area (Å²) in [5.74, 6) is 0.352. The molecule has 1 aromatic heterocycles. The van der Waals surface area contributed by atoms with Gasteiger partial charge >= 0.3 is 0 Å². The number of thiazole rings is 1. The second-order valence-corrected chi connectivity index (χ2v) is 7.75. The Bertz CT molecular complexity index is 715. The van der Waals surface area contributed by atoms with Crippen LogP contribution >= 0.6 is 23.7 Å². The van der Waals surface area contributed by atoms with E-state index in [4.69, 9.17) is 10.5 Å². The monoisotopic (exact) mass is 395 g/mol. The van der Waals surface area contributed by atoms with E-state index >= 15 is 0 Å². The molecule has 1 fully saturated rings. The maximum Gasteiger partial charge on any atom is 0.243 e. The molecule has 1 atom stereocenters. The highest BCUT2D eigenvalue weighted by molar-refractivity contribution is 7.16. The SMILES string of the molecule is CC(C)c1sc(NC(=O)C(N)C2CCOCC2)nc1-c1ccccc1.Cl. The van der Waals surface area contributed by atoms with Gasteiger partial charge in [0.15, 0.2) is 5.13 Å². The van der Waals surface area contributed by atoms with Crippen LogP contribution in [0.25, 0.3) is 11.3 Å². The lowest BCUT2D eigenvalue weighted by Crippen LogP contribution is -2.43. The number of aromatic nitrogens is 1. The molecule has 2 aromatic rings. The number of nitrogens with zero attached hydrogens (tertiary/aromatic N) is 1. The standard InChI is InChI=1S/C19H25N3O2S.ClH/c1-12(2)17-16(14-6-4-3-5-7-14)21-19(25-17)22-18(23)15(20)13-8-10-24-11-9-13;/h3-7,12-13,15H,8-11,20H2,1-2H3,(H,21,22,23);1H. The van der Waals surface area contributed by atoms with Gasteiger partial charge in [-0.05, 0) is 24.7 Å². The van der Waals surface area contributed by atoms with Crippen LogP contribution in [0.2, 0.25) is 0 Å². The summed E-state index contributed by atoms with van der Waals surface area (Å²) in [6.07, 6.45) is 1.66. The second-order valence-electron chi connectivity index (χ2n) is 6.72. The molecule has 0 radical (unpaired) electrons. The van der Waals surface area contributed by atoms with Crippen molar-refractivity contribution < 1.29 is 9.53 Å². The van der Waals surface area contributed by atoms with Crippen LogP contribution in [-0.2, 0) is 9.53 Å². The van der Waals surface area contributed by atoms with Crippen molar-refractivity contribution >= 4 is 34.8 Å². The molecule has 0 aliphatic carbocycles. The number of hydrogen-bond acceptors (Lipinski definition) is 5. The molecule has 1 unspecified atom stereocenters. The molecule has 3 rings (SSSR count). The van der Waals surface area contributed by atoms with Gasteiger partial charge in [-0.1, -0.05) is 44.2 Å². The molecule has 1 saturated heterocycles. The molecule has 142 valence electrons. The predicted molar refractivity (Wildman–Crippen MR) is 109 cm³/mol. The van der Waals surface area contributed by atoms with Crippen LogP contribution in [0, 0.1) is 5.92 Å². The molecule has 1 amide bonds. The van der Waals surface area contributed by atoms with Gasteiger partial charge in [-0.25, -0.2) is 4.98 Å². The third kappa shape index (κ3) is 4.82. The van der Waals surface area contributed by atoms with Gasteiger partial charge in [-0.3, -0.25) is 4.79 Å². The molecular weight excluding hydrogens is 370 g/mol. The minimum absolute atomic E-state index is 0. The molecule has 0 spiro atoms. The Labute approximate surface area is 164 Å². The normalized spacial score (nSPS) is 16.2. The number of amides is 1. The lowest BCUT2D eigenvalue weighted by atomic mass is 9.92. The fourth-order valence-electron chi connectivity index (χ4n) is 3.06. The van der Waals surface area contributed by atoms with E-state index in [1.807, 2.05) is 30.3 Å². The van der Waals surface area contributed by atoms with Crippen molar-refractivity contribution in [1.82, 2.24) is 4.98 Å². The molecule has 1 aromatic carbocycles. The number of nitrogens with one attached hydrogen (secondary N) is 1. The van der Waals surface area contributed by atoms with Crippen LogP contribution in [0.4, 0.5) is 5.13 Å². The molecule has 0 saturated carbocycles. The van der Waals surface area contributed by atoms with E-state index in [9.17, 15) is 4.79 Å². The van der Waals surface area contributed by atoms with E-state index in [0.717, 1.165) is 24.1 Å². The summed E-state index contributed by atoms with van der Waals surface area (Å²) in [6, 6.07) is 9.55. The van der Waals surface area contributed by atoms with Gasteiger partial charge in [0.05, 0.1) is 11.7 Å². The predicted octanol–water partition coefficient (Wildman–Crippen LogP) is 4.05. The third-order valence-electron chi connectivity index (χ3n) is 4.53. The molecule has 1 aliphatic rings. The summed E-state index contributed by atoms with van der Waals surface area (Å²) < 4.78 is 5.34. The fourth-order valence-corrected chi connectivity index (χ4v) is 4.05. The van der Waals surface area contributed by atoms with Crippen LogP contribution in [0.5, 0.6) is 0 Å². The van der Waals surface area contributed by atoms with Gasteiger partial charge in [-0.15, -0.1) is 23.7 Å². The van der Waals surface area contributed by atoms with Crippen molar-refractivity contribution in [2.45, 2.75) is 38.6 Å². The molecule has 5 nitrogen and oxygen atoms in total. The van der Waals surface area contributed by atoms with E-state index in [1.165, 1.54) is 16.2 Å². The Balaban J connectivity index is 0.00000243. The average Bonchev–Trinajstić information content (AvgIpc) is 3.06. The molecule has 3 N–H and O–H groups in total. The second kappa shape index (κ2) is 9.46. The number of nitrogens with two attached hydrogens (primary N) is 1. The van der Waals surface area contributed by atoms with Crippen LogP contribution in [0.1, 0.15) is 37.5 Å². The summed E-state index contributed by atoms with van der Waals surface area (Å²) >= 11 is 1.53. The Morgan fingerprint density at radius 2 is 1.92 bits per heavy atom. The Morgan fingerprint density at radius 1 is 1.27 bits per heavy atom. The highest BCUT2D eigenvalue weighted by Crippen LogP contribution is 2.36. The van der Waals surface area contributed by atoms with Crippen molar-refractivity contribution in [3.8, 4) is 11.3 Å². The van der Waals surface area contributed by atoms with Crippen LogP contribution < -0.4 is 11.1 Å². The van der Waals surface area contributed by atoms with E-state index in [1.54, 1.807) is 0 Å². The van der Waals surface area contributed by atoms with Gasteiger partial charge in [0.1, 0.15) is 0 Å². The summed E-state index contributed by atoms with van der Waals surface area (Å²) in [7, 11) is 0. The molecular formula is C19H26ClN3O2S. The first-order valence-electron chi connectivity index (χ1n) is 8.76. The smallest absolute Gasteiger partial charge is 0.243 e. The zero-order chi connectivity index (χ0) is 17.8. The van der Waals surface area contributed by atoms with Gasteiger partial charge < -0.3 is 15.8 Å². The van der Waals surface area contributed by atoms with Crippen LogP contribution in [0.15, 0.2) is 30.3 Å². The van der Waals surface area contributed by atoms with E-state index in [-0.39, 0.29) is 24.2 Å². The number of carbonyl (C=O) groups is 1. The van der Waals surface area contributed by atoms with Crippen molar-refractivity contribution in [2.24, 2.45) is 11.7 Å². The van der Waals surface area contributed by atoms with Crippen molar-refractivity contribution in [3.63, 3.8) is 0 Å². The van der Waals surface area contributed by atoms with E-state index in [2.05, 4.69) is 24.1 Å². The fraction of sp³-hybridized carbons (Fsp3) is 0.474. The van der Waals surface area contributed by atoms with Gasteiger partial charge in [0.25, 0.3) is 0 Å². The van der Waals surface area contributed by atoms with Gasteiger partial charge in [-0.2, -0.15) is 0 Å². The Morgan fingerprint density at radius 3 is 2.54 bits per heavy atom. The average molecular weight is 396 g/mol. The minimum Gasteiger partial charge on any atom is -0.381 e. The quantitative estimate of drug-likeness (QED) is 0.800. The number of carbonyl (C=O) groups excluding carboxylic acids is 1. The van der Waals surface area contributed by atoms with Crippen molar-refractivity contribution in [3.05, 3.63) is 35.2 Å². The number of rotatable bonds is 5. The lowest BCUT2D eigenvalue weighted by Gasteiger charge is -2.26. The largest absolute Gasteiger partial charge is 0.381 e. The Kier molecular flexibility index (Phi) is 7.58. The minimum atomic E-state index is -0.518. The lowest BCUT2D eigenvalue weighted by molar-refractivity contribution is -0.119. The number of ether oxygens (including phenoxy) is 1.